The first-order chi connectivity index (χ1) is 18.6. The summed E-state index contributed by atoms with van der Waals surface area (Å²) >= 11 is 1.53. The Kier molecular flexibility index (Phi) is 10.1. The second-order valence-electron chi connectivity index (χ2n) is 12.4. The zero-order valence-corrected chi connectivity index (χ0v) is 29.8. The third kappa shape index (κ3) is 7.88. The zero-order chi connectivity index (χ0) is 31.1. The van der Waals surface area contributed by atoms with Gasteiger partial charge in [-0.1, -0.05) is 43.7 Å². The van der Waals surface area contributed by atoms with E-state index in [1.807, 2.05) is 52.0 Å². The fraction of sp³-hybridized carbons (Fsp3) is 0.593. The predicted octanol–water partition coefficient (Wildman–Crippen LogP) is 6.18. The molecule has 2 heterocycles. The van der Waals surface area contributed by atoms with Crippen LogP contribution < -0.4 is 0 Å². The highest BCUT2D eigenvalue weighted by Gasteiger charge is 2.63. The van der Waals surface area contributed by atoms with Crippen molar-refractivity contribution in [1.82, 2.24) is 9.88 Å². The third-order valence-corrected chi connectivity index (χ3v) is 12.1. The molecule has 0 aliphatic carbocycles. The molecule has 0 radical (unpaired) electrons. The number of amides is 1. The van der Waals surface area contributed by atoms with E-state index in [4.69, 9.17) is 18.3 Å². The Labute approximate surface area is 257 Å². The zero-order valence-electron chi connectivity index (χ0n) is 25.4. The topological polar surface area (TPSA) is 112 Å². The van der Waals surface area contributed by atoms with Crippen LogP contribution in [0.1, 0.15) is 55.4 Å². The van der Waals surface area contributed by atoms with Crippen LogP contribution in [0.3, 0.4) is 0 Å². The van der Waals surface area contributed by atoms with Crippen molar-refractivity contribution in [1.29, 1.82) is 0 Å². The lowest BCUT2D eigenvalue weighted by Crippen LogP contribution is -2.70. The van der Waals surface area contributed by atoms with Crippen molar-refractivity contribution < 1.29 is 31.4 Å². The number of para-hydroxylation sites is 1. The molecule has 2 unspecified atom stereocenters. The van der Waals surface area contributed by atoms with Gasteiger partial charge in [0.25, 0.3) is 0 Å². The molecule has 9 nitrogen and oxygen atoms in total. The van der Waals surface area contributed by atoms with E-state index in [1.54, 1.807) is 20.8 Å². The standard InChI is InChI=1S/C27H40N2O7S4Si/c1-16(35-40(9,32)33)20(23(31)34-26(5,6)7)29-21(30)19(27(8,25(2,3)4)36-41(10)11)22(29)38-39-24-28-17-14-12-13-15-18(17)37-24/h12-15,19,22,41H,1-11H3/b20-16+/t19?,22?,27-/m0/s1. The normalized spacial score (nSPS) is 20.5. The lowest BCUT2D eigenvalue weighted by atomic mass is 9.66. The van der Waals surface area contributed by atoms with Crippen LogP contribution in [0.25, 0.3) is 10.2 Å². The van der Waals surface area contributed by atoms with Gasteiger partial charge < -0.3 is 13.3 Å². The first-order valence-corrected chi connectivity index (χ1v) is 20.8. The van der Waals surface area contributed by atoms with Crippen LogP contribution in [0.5, 0.6) is 0 Å². The summed E-state index contributed by atoms with van der Waals surface area (Å²) in [5.74, 6) is -2.09. The minimum Gasteiger partial charge on any atom is -0.455 e. The average molecular weight is 661 g/mol. The number of esters is 1. The summed E-state index contributed by atoms with van der Waals surface area (Å²) in [6.45, 7) is 18.6. The highest BCUT2D eigenvalue weighted by atomic mass is 33.1. The van der Waals surface area contributed by atoms with Crippen molar-refractivity contribution >= 4 is 74.2 Å². The summed E-state index contributed by atoms with van der Waals surface area (Å²) in [7, 11) is -2.84. The summed E-state index contributed by atoms with van der Waals surface area (Å²) in [6.07, 6.45) is 0.886. The van der Waals surface area contributed by atoms with Crippen molar-refractivity contribution in [3.8, 4) is 0 Å². The predicted molar refractivity (Wildman–Crippen MR) is 169 cm³/mol. The average Bonchev–Trinajstić information content (AvgIpc) is 3.18. The van der Waals surface area contributed by atoms with Crippen LogP contribution in [-0.4, -0.2) is 62.1 Å². The maximum atomic E-state index is 14.2. The van der Waals surface area contributed by atoms with Gasteiger partial charge in [-0.3, -0.25) is 9.69 Å². The molecular formula is C27H40N2O7S4Si. The van der Waals surface area contributed by atoms with Crippen LogP contribution in [-0.2, 0) is 33.1 Å². The lowest BCUT2D eigenvalue weighted by Gasteiger charge is -2.58. The minimum atomic E-state index is -3.99. The number of rotatable bonds is 10. The molecule has 2 aromatic rings. The number of nitrogens with zero attached hydrogens (tertiary/aromatic N) is 2. The summed E-state index contributed by atoms with van der Waals surface area (Å²) in [6, 6.07) is 7.82. The van der Waals surface area contributed by atoms with Gasteiger partial charge in [0, 0.05) is 0 Å². The van der Waals surface area contributed by atoms with Crippen molar-refractivity contribution in [2.75, 3.05) is 6.26 Å². The number of aromatic nitrogens is 1. The molecule has 14 heteroatoms. The van der Waals surface area contributed by atoms with Gasteiger partial charge in [0.2, 0.25) is 5.91 Å². The number of fused-ring (bicyclic) bond motifs is 1. The van der Waals surface area contributed by atoms with Gasteiger partial charge >= 0.3 is 16.1 Å². The van der Waals surface area contributed by atoms with Crippen molar-refractivity contribution in [2.45, 2.75) is 89.4 Å². The number of hydrogen-bond donors (Lipinski definition) is 0. The number of carbonyl (C=O) groups excluding carboxylic acids is 2. The van der Waals surface area contributed by atoms with Crippen LogP contribution in [0.4, 0.5) is 0 Å². The summed E-state index contributed by atoms with van der Waals surface area (Å²) in [5, 5.41) is -0.614. The van der Waals surface area contributed by atoms with Gasteiger partial charge in [-0.2, -0.15) is 8.42 Å². The molecule has 41 heavy (non-hydrogen) atoms. The summed E-state index contributed by atoms with van der Waals surface area (Å²) in [5.41, 5.74) is -1.58. The first-order valence-electron chi connectivity index (χ1n) is 13.2. The van der Waals surface area contributed by atoms with E-state index in [0.29, 0.717) is 0 Å². The summed E-state index contributed by atoms with van der Waals surface area (Å²) < 4.78 is 43.4. The molecule has 1 amide bonds. The van der Waals surface area contributed by atoms with Crippen LogP contribution in [0.15, 0.2) is 40.1 Å². The Morgan fingerprint density at radius 1 is 1.10 bits per heavy atom. The summed E-state index contributed by atoms with van der Waals surface area (Å²) in [4.78, 5) is 33.7. The van der Waals surface area contributed by atoms with Gasteiger partial charge in [-0.15, -0.1) is 11.3 Å². The van der Waals surface area contributed by atoms with E-state index in [-0.39, 0.29) is 17.4 Å². The molecule has 1 saturated heterocycles. The Balaban J connectivity index is 2.13. The molecular weight excluding hydrogens is 621 g/mol. The molecule has 3 atom stereocenters. The largest absolute Gasteiger partial charge is 0.455 e. The highest BCUT2D eigenvalue weighted by Crippen LogP contribution is 2.55. The fourth-order valence-electron chi connectivity index (χ4n) is 4.50. The molecule has 0 saturated carbocycles. The number of likely N-dealkylation sites (tertiary alicyclic amines) is 1. The number of β-lactam (4-membered cyclic amide) rings is 1. The molecule has 1 aliphatic heterocycles. The number of benzene rings is 1. The van der Waals surface area contributed by atoms with Crippen molar-refractivity contribution in [3.63, 3.8) is 0 Å². The van der Waals surface area contributed by atoms with Gasteiger partial charge in [0.05, 0.1) is 28.0 Å². The monoisotopic (exact) mass is 660 g/mol. The van der Waals surface area contributed by atoms with E-state index >= 15 is 0 Å². The number of hydrogen-bond acceptors (Lipinski definition) is 11. The minimum absolute atomic E-state index is 0.235. The van der Waals surface area contributed by atoms with Crippen LogP contribution in [0, 0.1) is 11.3 Å². The second-order valence-corrected chi connectivity index (χ2v) is 19.9. The first kappa shape index (κ1) is 33.9. The van der Waals surface area contributed by atoms with E-state index in [0.717, 1.165) is 20.8 Å². The van der Waals surface area contributed by atoms with Gasteiger partial charge in [-0.25, -0.2) is 9.78 Å². The highest BCUT2D eigenvalue weighted by molar-refractivity contribution is 8.77. The Morgan fingerprint density at radius 2 is 1.71 bits per heavy atom. The van der Waals surface area contributed by atoms with Crippen LogP contribution >= 0.6 is 32.9 Å². The smallest absolute Gasteiger partial charge is 0.359 e. The molecule has 1 aromatic heterocycles. The molecule has 228 valence electrons. The number of allylic oxidation sites excluding steroid dienone is 1. The second kappa shape index (κ2) is 12.2. The van der Waals surface area contributed by atoms with E-state index in [9.17, 15) is 18.0 Å². The third-order valence-electron chi connectivity index (χ3n) is 6.54. The molecule has 3 rings (SSSR count). The maximum absolute atomic E-state index is 14.2. The quantitative estimate of drug-likeness (QED) is 0.0557. The molecule has 0 bridgehead atoms. The number of carbonyl (C=O) groups is 2. The molecule has 0 N–H and O–H groups in total. The fourth-order valence-corrected chi connectivity index (χ4v) is 10.6. The van der Waals surface area contributed by atoms with Crippen molar-refractivity contribution in [2.24, 2.45) is 11.3 Å². The molecule has 1 aliphatic rings. The number of thiazole rings is 1. The Morgan fingerprint density at radius 3 is 2.22 bits per heavy atom. The Bertz CT molecular complexity index is 1410. The van der Waals surface area contributed by atoms with E-state index in [1.165, 1.54) is 44.7 Å². The van der Waals surface area contributed by atoms with Crippen LogP contribution in [0.2, 0.25) is 13.1 Å². The van der Waals surface area contributed by atoms with Crippen molar-refractivity contribution in [3.05, 3.63) is 35.7 Å². The molecule has 1 aromatic carbocycles. The number of ether oxygens (including phenoxy) is 1. The van der Waals surface area contributed by atoms with E-state index < -0.39 is 53.0 Å². The molecule has 1 fully saturated rings. The van der Waals surface area contributed by atoms with Gasteiger partial charge in [0.15, 0.2) is 19.1 Å². The lowest BCUT2D eigenvalue weighted by molar-refractivity contribution is -0.177. The Hall–Kier alpha value is -1.58. The van der Waals surface area contributed by atoms with Gasteiger partial charge in [0.1, 0.15) is 16.7 Å². The van der Waals surface area contributed by atoms with Gasteiger partial charge in [-0.05, 0) is 76.1 Å². The molecule has 0 spiro atoms. The van der Waals surface area contributed by atoms with E-state index in [2.05, 4.69) is 13.1 Å². The maximum Gasteiger partial charge on any atom is 0.359 e. The SMILES string of the molecule is C/C(OS(C)(=O)=O)=C(/C(=O)OC(C)(C)C)N1C(=O)C([C@](C)(O[SiH](C)C)C(C)(C)C)C1SSc1nc2ccccc2s1.